The van der Waals surface area contributed by atoms with Crippen molar-refractivity contribution in [2.45, 2.75) is 77.7 Å². The van der Waals surface area contributed by atoms with Crippen LogP contribution in [0.2, 0.25) is 0 Å². The quantitative estimate of drug-likeness (QED) is 0.310. The molecule has 0 unspecified atom stereocenters. The normalized spacial score (nSPS) is 14.3. The Morgan fingerprint density at radius 3 is 1.92 bits per heavy atom. The van der Waals surface area contributed by atoms with Gasteiger partial charge in [-0.05, 0) is 19.8 Å². The van der Waals surface area contributed by atoms with Gasteiger partial charge in [0.2, 0.25) is 0 Å². The second kappa shape index (κ2) is 11.5. The second-order valence-corrected chi connectivity index (χ2v) is 13.3. The third kappa shape index (κ3) is 7.16. The van der Waals surface area contributed by atoms with Crippen molar-refractivity contribution in [1.29, 1.82) is 5.26 Å². The molecular weight excluding hydrogens is 358 g/mol. The number of unbranched alkanes of at least 4 members (excludes halogenated alkanes) is 1. The maximum atomic E-state index is 13.7. The third-order valence-electron chi connectivity index (χ3n) is 4.70. The molecule has 0 saturated heterocycles. The largest absolute Gasteiger partial charge is 0.330 e. The molecule has 0 aliphatic heterocycles. The lowest BCUT2D eigenvalue weighted by atomic mass is 10.1. The van der Waals surface area contributed by atoms with E-state index in [1.165, 1.54) is 14.2 Å². The molecular formula is C17H36N2O4P2. The Balaban J connectivity index is 4.97. The summed E-state index contributed by atoms with van der Waals surface area (Å²) in [6.45, 7) is 10.6. The highest BCUT2D eigenvalue weighted by molar-refractivity contribution is 7.62. The minimum atomic E-state index is -2.96. The molecule has 8 heteroatoms. The van der Waals surface area contributed by atoms with E-state index in [2.05, 4.69) is 17.7 Å². The lowest BCUT2D eigenvalue weighted by Gasteiger charge is -2.41. The molecule has 1 atom stereocenters. The van der Waals surface area contributed by atoms with E-state index in [4.69, 9.17) is 14.3 Å². The van der Waals surface area contributed by atoms with Gasteiger partial charge in [-0.2, -0.15) is 5.26 Å². The Morgan fingerprint density at radius 1 is 1.00 bits per heavy atom. The van der Waals surface area contributed by atoms with Gasteiger partial charge in [0, 0.05) is 44.5 Å². The van der Waals surface area contributed by atoms with E-state index >= 15 is 0 Å². The molecule has 148 valence electrons. The van der Waals surface area contributed by atoms with Crippen LogP contribution in [0, 0.1) is 11.3 Å². The Kier molecular flexibility index (Phi) is 11.4. The standard InChI is InChI=1S/C17H36N2O4P2/c1-15(2)25(21,16(3)4)19(13-10-12-18)17(5)11-8-9-14-24(20,22-6)23-7/h15-17H,8-11,13-14H2,1-7H3/t17-/m0/s1. The first-order valence-electron chi connectivity index (χ1n) is 9.03. The fraction of sp³-hybridized carbons (Fsp3) is 0.941. The molecule has 0 aromatic rings. The lowest BCUT2D eigenvalue weighted by molar-refractivity contribution is 0.273. The number of nitriles is 1. The molecule has 25 heavy (non-hydrogen) atoms. The van der Waals surface area contributed by atoms with Crippen LogP contribution in [0.25, 0.3) is 0 Å². The molecule has 0 aromatic carbocycles. The van der Waals surface area contributed by atoms with E-state index < -0.39 is 14.9 Å². The number of hydrogen-bond acceptors (Lipinski definition) is 5. The molecule has 0 amide bonds. The third-order valence-corrected chi connectivity index (χ3v) is 11.0. The number of nitrogens with zero attached hydrogens (tertiary/aromatic N) is 2. The second-order valence-electron chi connectivity index (χ2n) is 6.98. The van der Waals surface area contributed by atoms with Crippen molar-refractivity contribution in [2.24, 2.45) is 0 Å². The topological polar surface area (TPSA) is 79.6 Å². The van der Waals surface area contributed by atoms with E-state index in [-0.39, 0.29) is 17.4 Å². The first kappa shape index (κ1) is 24.8. The fourth-order valence-corrected chi connectivity index (χ4v) is 7.84. The molecule has 0 bridgehead atoms. The lowest BCUT2D eigenvalue weighted by Crippen LogP contribution is -2.36. The zero-order valence-corrected chi connectivity index (χ0v) is 18.7. The van der Waals surface area contributed by atoms with Crippen molar-refractivity contribution >= 4 is 14.9 Å². The zero-order valence-electron chi connectivity index (χ0n) is 16.9. The Hall–Kier alpha value is -0.170. The molecule has 0 heterocycles. The highest BCUT2D eigenvalue weighted by Crippen LogP contribution is 2.59. The van der Waals surface area contributed by atoms with Crippen molar-refractivity contribution in [3.63, 3.8) is 0 Å². The van der Waals surface area contributed by atoms with Gasteiger partial charge in [-0.25, -0.2) is 4.67 Å². The Bertz CT molecular complexity index is 497. The predicted molar refractivity (Wildman–Crippen MR) is 105 cm³/mol. The summed E-state index contributed by atoms with van der Waals surface area (Å²) in [5.41, 5.74) is 0.103. The van der Waals surface area contributed by atoms with Crippen molar-refractivity contribution in [1.82, 2.24) is 4.67 Å². The molecule has 0 aromatic heterocycles. The molecule has 0 aliphatic rings. The Labute approximate surface area is 154 Å². The van der Waals surface area contributed by atoms with Gasteiger partial charge in [0.05, 0.1) is 12.2 Å². The van der Waals surface area contributed by atoms with Crippen molar-refractivity contribution in [3.8, 4) is 6.07 Å². The van der Waals surface area contributed by atoms with Crippen LogP contribution in [-0.2, 0) is 18.2 Å². The number of rotatable bonds is 13. The van der Waals surface area contributed by atoms with Crippen LogP contribution in [0.4, 0.5) is 0 Å². The summed E-state index contributed by atoms with van der Waals surface area (Å²) in [5, 5.41) is 8.97. The number of hydrogen-bond donors (Lipinski definition) is 0. The molecule has 0 spiro atoms. The first-order chi connectivity index (χ1) is 11.6. The summed E-state index contributed by atoms with van der Waals surface area (Å²) < 4.78 is 37.7. The maximum Gasteiger partial charge on any atom is 0.330 e. The summed E-state index contributed by atoms with van der Waals surface area (Å²) in [4.78, 5) is 0. The van der Waals surface area contributed by atoms with Crippen LogP contribution in [0.15, 0.2) is 0 Å². The van der Waals surface area contributed by atoms with Crippen LogP contribution < -0.4 is 0 Å². The van der Waals surface area contributed by atoms with Gasteiger partial charge in [0.15, 0.2) is 7.29 Å². The molecule has 0 fully saturated rings. The van der Waals surface area contributed by atoms with E-state index in [0.717, 1.165) is 19.3 Å². The van der Waals surface area contributed by atoms with Crippen molar-refractivity contribution in [3.05, 3.63) is 0 Å². The van der Waals surface area contributed by atoms with Crippen LogP contribution in [-0.4, -0.2) is 49.0 Å². The smallest absolute Gasteiger partial charge is 0.312 e. The molecule has 0 rings (SSSR count). The SMILES string of the molecule is COP(=O)(CCCC[C@H](C)N(CCC#N)P(=O)(C(C)C)C(C)C)OC. The summed E-state index contributed by atoms with van der Waals surface area (Å²) in [7, 11) is -2.73. The summed E-state index contributed by atoms with van der Waals surface area (Å²) in [5.74, 6) is 0. The molecule has 0 aliphatic carbocycles. The van der Waals surface area contributed by atoms with Gasteiger partial charge in [-0.15, -0.1) is 0 Å². The van der Waals surface area contributed by atoms with E-state index in [1.54, 1.807) is 0 Å². The van der Waals surface area contributed by atoms with Gasteiger partial charge >= 0.3 is 7.60 Å². The average molecular weight is 394 g/mol. The minimum absolute atomic E-state index is 0.0517. The van der Waals surface area contributed by atoms with Gasteiger partial charge in [0.1, 0.15) is 0 Å². The van der Waals surface area contributed by atoms with E-state index in [1.807, 2.05) is 27.7 Å². The van der Waals surface area contributed by atoms with Gasteiger partial charge in [-0.3, -0.25) is 4.57 Å². The monoisotopic (exact) mass is 394 g/mol. The predicted octanol–water partition coefficient (Wildman–Crippen LogP) is 5.34. The maximum absolute atomic E-state index is 13.7. The zero-order chi connectivity index (χ0) is 19.7. The average Bonchev–Trinajstić information content (AvgIpc) is 2.58. The first-order valence-corrected chi connectivity index (χ1v) is 12.6. The van der Waals surface area contributed by atoms with E-state index in [9.17, 15) is 9.13 Å². The van der Waals surface area contributed by atoms with Crippen LogP contribution in [0.3, 0.4) is 0 Å². The van der Waals surface area contributed by atoms with Crippen LogP contribution >= 0.6 is 14.9 Å². The summed E-state index contributed by atoms with van der Waals surface area (Å²) in [6, 6.07) is 2.28. The highest BCUT2D eigenvalue weighted by Gasteiger charge is 2.39. The molecule has 0 saturated carbocycles. The van der Waals surface area contributed by atoms with Crippen molar-refractivity contribution in [2.75, 3.05) is 26.9 Å². The summed E-state index contributed by atoms with van der Waals surface area (Å²) >= 11 is 0. The molecule has 0 N–H and O–H groups in total. The van der Waals surface area contributed by atoms with Gasteiger partial charge in [0.25, 0.3) is 0 Å². The fourth-order valence-electron chi connectivity index (χ4n) is 3.19. The Morgan fingerprint density at radius 2 is 1.52 bits per heavy atom. The van der Waals surface area contributed by atoms with Gasteiger partial charge in [-0.1, -0.05) is 34.1 Å². The van der Waals surface area contributed by atoms with Crippen LogP contribution in [0.1, 0.15) is 60.3 Å². The van der Waals surface area contributed by atoms with Gasteiger partial charge < -0.3 is 13.6 Å². The highest BCUT2D eigenvalue weighted by atomic mass is 31.2. The molecule has 6 nitrogen and oxygen atoms in total. The minimum Gasteiger partial charge on any atom is -0.312 e. The molecule has 0 radical (unpaired) electrons. The van der Waals surface area contributed by atoms with E-state index in [0.29, 0.717) is 19.1 Å². The van der Waals surface area contributed by atoms with Crippen LogP contribution in [0.5, 0.6) is 0 Å². The summed E-state index contributed by atoms with van der Waals surface area (Å²) in [6.07, 6.45) is 3.16. The van der Waals surface area contributed by atoms with Crippen molar-refractivity contribution < 1.29 is 18.2 Å².